The van der Waals surface area contributed by atoms with Gasteiger partial charge in [0, 0.05) is 17.8 Å². The number of benzene rings is 1. The second kappa shape index (κ2) is 6.96. The number of carbonyl (C=O) groups is 1. The minimum absolute atomic E-state index is 0.0883. The predicted octanol–water partition coefficient (Wildman–Crippen LogP) is 3.42. The van der Waals surface area contributed by atoms with Crippen LogP contribution < -0.4 is 10.1 Å². The Morgan fingerprint density at radius 2 is 2.12 bits per heavy atom. The van der Waals surface area contributed by atoms with E-state index in [9.17, 15) is 13.6 Å². The summed E-state index contributed by atoms with van der Waals surface area (Å²) >= 11 is 1.51. The van der Waals surface area contributed by atoms with Gasteiger partial charge in [-0.15, -0.1) is 11.3 Å². The summed E-state index contributed by atoms with van der Waals surface area (Å²) in [6.07, 6.45) is 3.90. The molecule has 1 atom stereocenters. The monoisotopic (exact) mass is 351 g/mol. The third-order valence-electron chi connectivity index (χ3n) is 3.47. The fourth-order valence-corrected chi connectivity index (χ4v) is 3.06. The number of thiazole rings is 1. The highest BCUT2D eigenvalue weighted by Gasteiger charge is 2.13. The van der Waals surface area contributed by atoms with Crippen LogP contribution >= 0.6 is 11.3 Å². The molecule has 3 rings (SSSR count). The molecular weight excluding hydrogens is 336 g/mol. The molecule has 1 amide bonds. The summed E-state index contributed by atoms with van der Waals surface area (Å²) in [6, 6.07) is 5.95. The van der Waals surface area contributed by atoms with E-state index >= 15 is 0 Å². The number of halogens is 2. The lowest BCUT2D eigenvalue weighted by Crippen LogP contribution is -2.28. The van der Waals surface area contributed by atoms with Crippen LogP contribution in [0, 0.1) is 0 Å². The molecular formula is C16H15F2N3O2S. The lowest BCUT2D eigenvalue weighted by molar-refractivity contribution is -0.121. The number of hydrogen-bond donors (Lipinski definition) is 1. The van der Waals surface area contributed by atoms with Gasteiger partial charge in [0.1, 0.15) is 5.75 Å². The Kier molecular flexibility index (Phi) is 4.75. The van der Waals surface area contributed by atoms with E-state index in [0.717, 1.165) is 10.5 Å². The van der Waals surface area contributed by atoms with Crippen LogP contribution in [0.15, 0.2) is 42.0 Å². The predicted molar refractivity (Wildman–Crippen MR) is 86.4 cm³/mol. The zero-order valence-electron chi connectivity index (χ0n) is 12.8. The van der Waals surface area contributed by atoms with Gasteiger partial charge in [-0.05, 0) is 24.6 Å². The van der Waals surface area contributed by atoms with Gasteiger partial charge >= 0.3 is 6.61 Å². The number of ether oxygens (including phenoxy) is 1. The third kappa shape index (κ3) is 3.88. The Hall–Kier alpha value is -2.48. The van der Waals surface area contributed by atoms with Crippen molar-refractivity contribution in [2.45, 2.75) is 26.0 Å². The summed E-state index contributed by atoms with van der Waals surface area (Å²) in [6.45, 7) is -1.02. The molecule has 0 aliphatic heterocycles. The van der Waals surface area contributed by atoms with Crippen LogP contribution in [0.4, 0.5) is 8.78 Å². The summed E-state index contributed by atoms with van der Waals surface area (Å²) in [7, 11) is 0. The molecule has 5 nitrogen and oxygen atoms in total. The fourth-order valence-electron chi connectivity index (χ4n) is 2.34. The third-order valence-corrected chi connectivity index (χ3v) is 4.24. The number of nitrogens with one attached hydrogen (secondary N) is 1. The van der Waals surface area contributed by atoms with Crippen molar-refractivity contribution >= 4 is 22.2 Å². The van der Waals surface area contributed by atoms with Gasteiger partial charge in [-0.25, -0.2) is 4.98 Å². The van der Waals surface area contributed by atoms with Crippen LogP contribution in [-0.4, -0.2) is 21.9 Å². The second-order valence-corrected chi connectivity index (χ2v) is 6.11. The van der Waals surface area contributed by atoms with E-state index in [1.54, 1.807) is 12.1 Å². The second-order valence-electron chi connectivity index (χ2n) is 5.24. The largest absolute Gasteiger partial charge is 0.435 e. The highest BCUT2D eigenvalue weighted by atomic mass is 32.1. The van der Waals surface area contributed by atoms with Crippen LogP contribution in [0.2, 0.25) is 0 Å². The number of fused-ring (bicyclic) bond motifs is 1. The average Bonchev–Trinajstić information content (AvgIpc) is 3.08. The molecule has 0 saturated heterocycles. The molecule has 0 radical (unpaired) electrons. The Morgan fingerprint density at radius 1 is 1.38 bits per heavy atom. The maximum absolute atomic E-state index is 12.1. The van der Waals surface area contributed by atoms with Gasteiger partial charge in [0.25, 0.3) is 0 Å². The summed E-state index contributed by atoms with van der Waals surface area (Å²) in [4.78, 5) is 17.3. The van der Waals surface area contributed by atoms with Gasteiger partial charge in [-0.1, -0.05) is 12.1 Å². The molecule has 1 N–H and O–H groups in total. The lowest BCUT2D eigenvalue weighted by Gasteiger charge is -2.14. The first-order valence-corrected chi connectivity index (χ1v) is 8.14. The highest BCUT2D eigenvalue weighted by Crippen LogP contribution is 2.19. The molecule has 3 aromatic rings. The first-order valence-electron chi connectivity index (χ1n) is 7.26. The van der Waals surface area contributed by atoms with Gasteiger partial charge in [0.15, 0.2) is 4.96 Å². The summed E-state index contributed by atoms with van der Waals surface area (Å²) in [5, 5.41) is 4.79. The van der Waals surface area contributed by atoms with Gasteiger partial charge in [-0.2, -0.15) is 8.78 Å². The van der Waals surface area contributed by atoms with Crippen molar-refractivity contribution < 1.29 is 18.3 Å². The van der Waals surface area contributed by atoms with E-state index in [4.69, 9.17) is 0 Å². The van der Waals surface area contributed by atoms with Crippen molar-refractivity contribution in [3.05, 3.63) is 53.3 Å². The first-order chi connectivity index (χ1) is 11.5. The molecule has 24 heavy (non-hydrogen) atoms. The van der Waals surface area contributed by atoms with Crippen LogP contribution in [0.3, 0.4) is 0 Å². The number of imidazole rings is 1. The topological polar surface area (TPSA) is 55.6 Å². The number of aromatic nitrogens is 2. The Morgan fingerprint density at radius 3 is 2.79 bits per heavy atom. The Bertz CT molecular complexity index is 801. The molecule has 0 aliphatic carbocycles. The molecule has 126 valence electrons. The molecule has 0 aliphatic rings. The number of nitrogens with zero attached hydrogens (tertiary/aromatic N) is 2. The van der Waals surface area contributed by atoms with Crippen molar-refractivity contribution in [2.24, 2.45) is 0 Å². The van der Waals surface area contributed by atoms with Crippen LogP contribution in [-0.2, 0) is 11.2 Å². The minimum Gasteiger partial charge on any atom is -0.435 e. The molecule has 8 heteroatoms. The molecule has 0 fully saturated rings. The number of hydrogen-bond acceptors (Lipinski definition) is 4. The number of amides is 1. The normalized spacial score (nSPS) is 12.5. The zero-order valence-corrected chi connectivity index (χ0v) is 13.6. The van der Waals surface area contributed by atoms with Crippen molar-refractivity contribution in [3.63, 3.8) is 0 Å². The zero-order chi connectivity index (χ0) is 17.1. The molecule has 2 aromatic heterocycles. The van der Waals surface area contributed by atoms with E-state index in [2.05, 4.69) is 15.0 Å². The summed E-state index contributed by atoms with van der Waals surface area (Å²) in [5.41, 5.74) is 1.50. The average molecular weight is 351 g/mol. The summed E-state index contributed by atoms with van der Waals surface area (Å²) in [5.74, 6) is -0.0634. The quantitative estimate of drug-likeness (QED) is 0.740. The lowest BCUT2D eigenvalue weighted by atomic mass is 10.1. The summed E-state index contributed by atoms with van der Waals surface area (Å²) < 4.78 is 30.4. The van der Waals surface area contributed by atoms with Crippen LogP contribution in [0.1, 0.15) is 24.2 Å². The van der Waals surface area contributed by atoms with Crippen molar-refractivity contribution in [1.82, 2.24) is 14.7 Å². The maximum atomic E-state index is 12.1. The van der Waals surface area contributed by atoms with Crippen molar-refractivity contribution in [1.29, 1.82) is 0 Å². The van der Waals surface area contributed by atoms with Gasteiger partial charge in [-0.3, -0.25) is 9.20 Å². The van der Waals surface area contributed by atoms with E-state index in [-0.39, 0.29) is 24.1 Å². The maximum Gasteiger partial charge on any atom is 0.387 e. The van der Waals surface area contributed by atoms with Crippen molar-refractivity contribution in [3.8, 4) is 5.75 Å². The molecule has 2 heterocycles. The van der Waals surface area contributed by atoms with Gasteiger partial charge in [0.05, 0.1) is 18.2 Å². The highest BCUT2D eigenvalue weighted by molar-refractivity contribution is 7.15. The van der Waals surface area contributed by atoms with Gasteiger partial charge in [0.2, 0.25) is 5.91 Å². The minimum atomic E-state index is -2.85. The van der Waals surface area contributed by atoms with E-state index in [1.165, 1.54) is 23.5 Å². The fraction of sp³-hybridized carbons (Fsp3) is 0.250. The molecule has 0 bridgehead atoms. The van der Waals surface area contributed by atoms with Crippen LogP contribution in [0.25, 0.3) is 4.96 Å². The standard InChI is InChI=1S/C16H15F2N3O2S/c1-10(11-2-4-13(5-3-11)23-15(17)18)19-14(22)8-12-9-21-6-7-24-16(21)20-12/h2-7,9-10,15H,8H2,1H3,(H,19,22). The molecule has 1 aromatic carbocycles. The number of alkyl halides is 2. The number of rotatable bonds is 6. The van der Waals surface area contributed by atoms with Crippen molar-refractivity contribution in [2.75, 3.05) is 0 Å². The van der Waals surface area contributed by atoms with E-state index < -0.39 is 6.61 Å². The molecule has 0 spiro atoms. The van der Waals surface area contributed by atoms with E-state index in [1.807, 2.05) is 29.1 Å². The SMILES string of the molecule is CC(NC(=O)Cc1cn2ccsc2n1)c1ccc(OC(F)F)cc1. The number of carbonyl (C=O) groups excluding carboxylic acids is 1. The van der Waals surface area contributed by atoms with Crippen LogP contribution in [0.5, 0.6) is 5.75 Å². The smallest absolute Gasteiger partial charge is 0.387 e. The first kappa shape index (κ1) is 16.4. The van der Waals surface area contributed by atoms with E-state index in [0.29, 0.717) is 5.69 Å². The molecule has 1 unspecified atom stereocenters. The molecule has 0 saturated carbocycles. The Labute approximate surface area is 140 Å². The Balaban J connectivity index is 1.58. The van der Waals surface area contributed by atoms with Gasteiger partial charge < -0.3 is 10.1 Å².